The van der Waals surface area contributed by atoms with E-state index in [2.05, 4.69) is 20.0 Å². The smallest absolute Gasteiger partial charge is 0.254 e. The largest absolute Gasteiger partial charge is 0.391 e. The lowest BCUT2D eigenvalue weighted by atomic mass is 10.0. The van der Waals surface area contributed by atoms with Crippen molar-refractivity contribution in [2.24, 2.45) is 0 Å². The Balaban J connectivity index is 1.81. The number of nitrogens with zero attached hydrogens (tertiary/aromatic N) is 5. The number of aliphatic hydroxyl groups is 1. The van der Waals surface area contributed by atoms with E-state index in [1.807, 2.05) is 13.0 Å². The quantitative estimate of drug-likeness (QED) is 0.782. The summed E-state index contributed by atoms with van der Waals surface area (Å²) in [6.07, 6.45) is 1.60. The van der Waals surface area contributed by atoms with Gasteiger partial charge in [0.2, 0.25) is 0 Å². The Morgan fingerprint density at radius 3 is 2.83 bits per heavy atom. The Morgan fingerprint density at radius 1 is 1.26 bits per heavy atom. The molecule has 1 aliphatic heterocycles. The monoisotopic (exact) mass is 313 g/mol. The summed E-state index contributed by atoms with van der Waals surface area (Å²) >= 11 is 0. The molecule has 3 heterocycles. The Bertz CT molecular complexity index is 847. The first-order valence-corrected chi connectivity index (χ1v) is 7.49. The normalized spacial score (nSPS) is 21.3. The number of fused-ring (bicyclic) bond motifs is 1. The summed E-state index contributed by atoms with van der Waals surface area (Å²) in [6.45, 7) is 2.39. The van der Waals surface area contributed by atoms with Crippen molar-refractivity contribution in [3.05, 3.63) is 53.7 Å². The van der Waals surface area contributed by atoms with Crippen LogP contribution in [-0.4, -0.2) is 37.3 Å². The molecule has 4 rings (SSSR count). The van der Waals surface area contributed by atoms with Crippen LogP contribution in [0.3, 0.4) is 0 Å². The van der Waals surface area contributed by atoms with E-state index in [9.17, 15) is 9.50 Å². The second kappa shape index (κ2) is 5.27. The van der Waals surface area contributed by atoms with Gasteiger partial charge in [-0.15, -0.1) is 0 Å². The van der Waals surface area contributed by atoms with Crippen molar-refractivity contribution in [2.45, 2.75) is 25.5 Å². The molecule has 1 aliphatic rings. The van der Waals surface area contributed by atoms with Crippen LogP contribution in [0, 0.1) is 12.7 Å². The van der Waals surface area contributed by atoms with Crippen LogP contribution < -0.4 is 4.90 Å². The molecule has 0 bridgehead atoms. The highest BCUT2D eigenvalue weighted by atomic mass is 19.1. The fourth-order valence-corrected chi connectivity index (χ4v) is 3.18. The lowest BCUT2D eigenvalue weighted by Gasteiger charge is -2.27. The summed E-state index contributed by atoms with van der Waals surface area (Å²) in [5.74, 6) is 1.09. The van der Waals surface area contributed by atoms with E-state index in [0.717, 1.165) is 17.1 Å². The first kappa shape index (κ1) is 14.1. The zero-order chi connectivity index (χ0) is 16.0. The van der Waals surface area contributed by atoms with Gasteiger partial charge in [0, 0.05) is 18.3 Å². The third-order valence-corrected chi connectivity index (χ3v) is 4.19. The van der Waals surface area contributed by atoms with Crippen molar-refractivity contribution >= 4 is 11.6 Å². The Morgan fingerprint density at radius 2 is 2.04 bits per heavy atom. The molecule has 2 unspecified atom stereocenters. The topological polar surface area (TPSA) is 66.5 Å². The number of benzene rings is 1. The van der Waals surface area contributed by atoms with Crippen molar-refractivity contribution in [2.75, 3.05) is 11.4 Å². The minimum Gasteiger partial charge on any atom is -0.391 e. The van der Waals surface area contributed by atoms with Gasteiger partial charge >= 0.3 is 0 Å². The predicted octanol–water partition coefficient (Wildman–Crippen LogP) is 1.88. The van der Waals surface area contributed by atoms with Gasteiger partial charge in [-0.25, -0.2) is 9.37 Å². The molecule has 2 aromatic heterocycles. The van der Waals surface area contributed by atoms with Crippen LogP contribution in [0.4, 0.5) is 10.2 Å². The average molecular weight is 313 g/mol. The van der Waals surface area contributed by atoms with Crippen LogP contribution in [0.25, 0.3) is 5.78 Å². The van der Waals surface area contributed by atoms with Gasteiger partial charge in [0.05, 0.1) is 12.1 Å². The number of hydrogen-bond acceptors (Lipinski definition) is 5. The number of aliphatic hydroxyl groups excluding tert-OH is 1. The Kier molecular flexibility index (Phi) is 3.23. The highest BCUT2D eigenvalue weighted by Gasteiger charge is 2.34. The van der Waals surface area contributed by atoms with Crippen molar-refractivity contribution in [1.82, 2.24) is 19.6 Å². The number of rotatable bonds is 2. The Hall–Kier alpha value is -2.54. The van der Waals surface area contributed by atoms with Crippen molar-refractivity contribution in [1.29, 1.82) is 0 Å². The SMILES string of the molecule is Cc1cc(N2CC(O)CC2c2ccc(F)cc2)n2ncnc2n1. The number of anilines is 1. The van der Waals surface area contributed by atoms with Gasteiger partial charge < -0.3 is 10.0 Å². The van der Waals surface area contributed by atoms with Gasteiger partial charge in [0.1, 0.15) is 18.0 Å². The second-order valence-electron chi connectivity index (χ2n) is 5.84. The maximum absolute atomic E-state index is 13.2. The molecule has 0 radical (unpaired) electrons. The van der Waals surface area contributed by atoms with Gasteiger partial charge in [-0.05, 0) is 31.0 Å². The fraction of sp³-hybridized carbons (Fsp3) is 0.312. The maximum atomic E-state index is 13.2. The predicted molar refractivity (Wildman–Crippen MR) is 82.6 cm³/mol. The van der Waals surface area contributed by atoms with Gasteiger partial charge in [0.25, 0.3) is 5.78 Å². The van der Waals surface area contributed by atoms with Gasteiger partial charge in [-0.3, -0.25) is 0 Å². The molecule has 0 saturated carbocycles. The summed E-state index contributed by atoms with van der Waals surface area (Å²) in [7, 11) is 0. The van der Waals surface area contributed by atoms with Crippen LogP contribution in [0.5, 0.6) is 0 Å². The zero-order valence-electron chi connectivity index (χ0n) is 12.6. The first-order valence-electron chi connectivity index (χ1n) is 7.49. The van der Waals surface area contributed by atoms with Crippen LogP contribution in [0.2, 0.25) is 0 Å². The summed E-state index contributed by atoms with van der Waals surface area (Å²) in [4.78, 5) is 10.6. The molecule has 1 saturated heterocycles. The van der Waals surface area contributed by atoms with E-state index >= 15 is 0 Å². The van der Waals surface area contributed by atoms with Crippen molar-refractivity contribution < 1.29 is 9.50 Å². The van der Waals surface area contributed by atoms with Gasteiger partial charge in [-0.2, -0.15) is 14.6 Å². The molecule has 6 nitrogen and oxygen atoms in total. The van der Waals surface area contributed by atoms with Crippen molar-refractivity contribution in [3.8, 4) is 0 Å². The fourth-order valence-electron chi connectivity index (χ4n) is 3.18. The number of aryl methyl sites for hydroxylation is 1. The molecular formula is C16H16FN5O. The summed E-state index contributed by atoms with van der Waals surface area (Å²) in [5.41, 5.74) is 1.80. The molecule has 1 aromatic carbocycles. The molecule has 2 atom stereocenters. The van der Waals surface area contributed by atoms with E-state index in [1.54, 1.807) is 16.6 Å². The third kappa shape index (κ3) is 2.43. The van der Waals surface area contributed by atoms with E-state index in [0.29, 0.717) is 18.7 Å². The van der Waals surface area contributed by atoms with Gasteiger partial charge in [0.15, 0.2) is 0 Å². The van der Waals surface area contributed by atoms with Crippen molar-refractivity contribution in [3.63, 3.8) is 0 Å². The minimum absolute atomic E-state index is 0.0419. The molecule has 23 heavy (non-hydrogen) atoms. The molecule has 3 aromatic rings. The lowest BCUT2D eigenvalue weighted by Crippen LogP contribution is -2.27. The number of β-amino-alcohol motifs (C(OH)–C–C–N with tert-alkyl or cyclic N) is 1. The van der Waals surface area contributed by atoms with E-state index in [4.69, 9.17) is 0 Å². The molecule has 0 aliphatic carbocycles. The number of aromatic nitrogens is 4. The van der Waals surface area contributed by atoms with Crippen LogP contribution in [0.1, 0.15) is 23.7 Å². The van der Waals surface area contributed by atoms with Crippen LogP contribution in [-0.2, 0) is 0 Å². The minimum atomic E-state index is -0.447. The molecule has 1 fully saturated rings. The second-order valence-corrected chi connectivity index (χ2v) is 5.84. The lowest BCUT2D eigenvalue weighted by molar-refractivity contribution is 0.194. The molecule has 7 heteroatoms. The van der Waals surface area contributed by atoms with Gasteiger partial charge in [-0.1, -0.05) is 12.1 Å². The maximum Gasteiger partial charge on any atom is 0.254 e. The van der Waals surface area contributed by atoms with E-state index < -0.39 is 6.10 Å². The summed E-state index contributed by atoms with van der Waals surface area (Å²) in [6, 6.07) is 8.30. The number of halogens is 1. The molecule has 0 spiro atoms. The molecule has 118 valence electrons. The van der Waals surface area contributed by atoms with E-state index in [-0.39, 0.29) is 11.9 Å². The number of hydrogen-bond donors (Lipinski definition) is 1. The average Bonchev–Trinajstić information content (AvgIpc) is 3.13. The highest BCUT2D eigenvalue weighted by molar-refractivity contribution is 5.50. The third-order valence-electron chi connectivity index (χ3n) is 4.19. The highest BCUT2D eigenvalue weighted by Crippen LogP contribution is 2.36. The van der Waals surface area contributed by atoms with Crippen LogP contribution >= 0.6 is 0 Å². The standard InChI is InChI=1S/C16H16FN5O/c1-10-6-15(22-16(20-10)18-9-19-22)21-8-13(23)7-14(21)11-2-4-12(17)5-3-11/h2-6,9,13-14,23H,7-8H2,1H3. The summed E-state index contributed by atoms with van der Waals surface area (Å²) < 4.78 is 14.9. The van der Waals surface area contributed by atoms with E-state index in [1.165, 1.54) is 18.5 Å². The Labute approximate surface area is 132 Å². The molecule has 1 N–H and O–H groups in total. The first-order chi connectivity index (χ1) is 11.1. The molecule has 0 amide bonds. The molecular weight excluding hydrogens is 297 g/mol. The van der Waals surface area contributed by atoms with Crippen LogP contribution in [0.15, 0.2) is 36.7 Å². The summed E-state index contributed by atoms with van der Waals surface area (Å²) in [5, 5.41) is 14.4. The zero-order valence-corrected chi connectivity index (χ0v) is 12.6.